The summed E-state index contributed by atoms with van der Waals surface area (Å²) in [6, 6.07) is 15.5. The number of benzene rings is 2. The molecule has 3 rings (SSSR count). The lowest BCUT2D eigenvalue weighted by Gasteiger charge is -2.16. The Morgan fingerprint density at radius 3 is 2.19 bits per heavy atom. The summed E-state index contributed by atoms with van der Waals surface area (Å²) in [4.78, 5) is 25.1. The number of hydrogen-bond acceptors (Lipinski definition) is 3. The molecule has 2 aromatic rings. The number of carbonyl (C=O) groups excluding carboxylic acids is 2. The number of ether oxygens (including phenoxy) is 1. The van der Waals surface area contributed by atoms with Crippen LogP contribution >= 0.6 is 0 Å². The van der Waals surface area contributed by atoms with Crippen molar-refractivity contribution in [2.24, 2.45) is 5.41 Å². The molecule has 0 atom stereocenters. The molecule has 0 aromatic heterocycles. The second-order valence-corrected chi connectivity index (χ2v) is 6.74. The standard InChI is InChI=1S/C21H24N2O3/c1-15-7-9-16(10-8-15)13-22-19(24)21(11-12-21)20(25)23-14-17-5-3-4-6-18(17)26-2/h3-10H,11-14H2,1-2H3,(H,22,24)(H,23,25). The van der Waals surface area contributed by atoms with E-state index in [1.807, 2.05) is 55.5 Å². The van der Waals surface area contributed by atoms with Crippen LogP contribution in [0.15, 0.2) is 48.5 Å². The van der Waals surface area contributed by atoms with E-state index in [1.54, 1.807) is 7.11 Å². The van der Waals surface area contributed by atoms with Crippen molar-refractivity contribution in [1.29, 1.82) is 0 Å². The van der Waals surface area contributed by atoms with E-state index in [9.17, 15) is 9.59 Å². The van der Waals surface area contributed by atoms with Gasteiger partial charge in [0, 0.05) is 18.7 Å². The van der Waals surface area contributed by atoms with Crippen LogP contribution in [0.5, 0.6) is 5.75 Å². The lowest BCUT2D eigenvalue weighted by molar-refractivity contribution is -0.137. The molecule has 5 heteroatoms. The number of hydrogen-bond donors (Lipinski definition) is 2. The van der Waals surface area contributed by atoms with Gasteiger partial charge in [-0.15, -0.1) is 0 Å². The second kappa shape index (κ2) is 7.60. The largest absolute Gasteiger partial charge is 0.496 e. The fraction of sp³-hybridized carbons (Fsp3) is 0.333. The van der Waals surface area contributed by atoms with Gasteiger partial charge in [-0.25, -0.2) is 0 Å². The molecule has 0 spiro atoms. The fourth-order valence-electron chi connectivity index (χ4n) is 2.93. The maximum atomic E-state index is 12.6. The Balaban J connectivity index is 1.56. The third-order valence-electron chi connectivity index (χ3n) is 4.82. The van der Waals surface area contributed by atoms with Crippen LogP contribution in [-0.2, 0) is 22.7 Å². The Kier molecular flexibility index (Phi) is 5.26. The Morgan fingerprint density at radius 1 is 0.962 bits per heavy atom. The maximum absolute atomic E-state index is 12.6. The number of para-hydroxylation sites is 1. The van der Waals surface area contributed by atoms with Gasteiger partial charge in [-0.1, -0.05) is 48.0 Å². The first-order valence-electron chi connectivity index (χ1n) is 8.79. The van der Waals surface area contributed by atoms with E-state index in [-0.39, 0.29) is 11.8 Å². The average molecular weight is 352 g/mol. The summed E-state index contributed by atoms with van der Waals surface area (Å²) in [5.41, 5.74) is 2.16. The highest BCUT2D eigenvalue weighted by molar-refractivity contribution is 6.07. The third-order valence-corrected chi connectivity index (χ3v) is 4.82. The molecule has 0 saturated heterocycles. The molecule has 1 saturated carbocycles. The van der Waals surface area contributed by atoms with Gasteiger partial charge in [-0.05, 0) is 31.4 Å². The highest BCUT2D eigenvalue weighted by atomic mass is 16.5. The van der Waals surface area contributed by atoms with Gasteiger partial charge in [0.15, 0.2) is 0 Å². The summed E-state index contributed by atoms with van der Waals surface area (Å²) in [6.07, 6.45) is 1.18. The van der Waals surface area contributed by atoms with Crippen molar-refractivity contribution in [3.63, 3.8) is 0 Å². The molecule has 0 heterocycles. The van der Waals surface area contributed by atoms with Crippen LogP contribution in [0.1, 0.15) is 29.5 Å². The molecule has 1 aliphatic carbocycles. The molecule has 2 N–H and O–H groups in total. The highest BCUT2D eigenvalue weighted by Gasteiger charge is 2.56. The van der Waals surface area contributed by atoms with Crippen LogP contribution in [0, 0.1) is 12.3 Å². The normalized spacial score (nSPS) is 14.4. The van der Waals surface area contributed by atoms with Gasteiger partial charge in [-0.2, -0.15) is 0 Å². The molecule has 0 aliphatic heterocycles. The molecule has 136 valence electrons. The van der Waals surface area contributed by atoms with E-state index in [0.717, 1.165) is 16.9 Å². The van der Waals surface area contributed by atoms with Gasteiger partial charge < -0.3 is 15.4 Å². The van der Waals surface area contributed by atoms with E-state index in [4.69, 9.17) is 4.74 Å². The number of carbonyl (C=O) groups is 2. The number of nitrogens with one attached hydrogen (secondary N) is 2. The molecule has 0 bridgehead atoms. The van der Waals surface area contributed by atoms with Gasteiger partial charge in [-0.3, -0.25) is 9.59 Å². The topological polar surface area (TPSA) is 67.4 Å². The molecular weight excluding hydrogens is 328 g/mol. The van der Waals surface area contributed by atoms with Gasteiger partial charge in [0.2, 0.25) is 11.8 Å². The van der Waals surface area contributed by atoms with Crippen molar-refractivity contribution >= 4 is 11.8 Å². The van der Waals surface area contributed by atoms with Gasteiger partial charge in [0.05, 0.1) is 7.11 Å². The van der Waals surface area contributed by atoms with E-state index in [0.29, 0.717) is 25.9 Å². The average Bonchev–Trinajstić information content (AvgIpc) is 3.47. The van der Waals surface area contributed by atoms with Crippen LogP contribution in [0.25, 0.3) is 0 Å². The molecule has 0 unspecified atom stereocenters. The Morgan fingerprint density at radius 2 is 1.58 bits per heavy atom. The van der Waals surface area contributed by atoms with Gasteiger partial charge in [0.1, 0.15) is 11.2 Å². The van der Waals surface area contributed by atoms with Crippen molar-refractivity contribution in [2.45, 2.75) is 32.9 Å². The van der Waals surface area contributed by atoms with Gasteiger partial charge in [0.25, 0.3) is 0 Å². The summed E-state index contributed by atoms with van der Waals surface area (Å²) >= 11 is 0. The van der Waals surface area contributed by atoms with Gasteiger partial charge >= 0.3 is 0 Å². The highest BCUT2D eigenvalue weighted by Crippen LogP contribution is 2.46. The zero-order valence-corrected chi connectivity index (χ0v) is 15.2. The van der Waals surface area contributed by atoms with E-state index in [2.05, 4.69) is 10.6 Å². The first-order chi connectivity index (χ1) is 12.5. The minimum Gasteiger partial charge on any atom is -0.496 e. The van der Waals surface area contributed by atoms with Crippen molar-refractivity contribution < 1.29 is 14.3 Å². The predicted molar refractivity (Wildman–Crippen MR) is 99.5 cm³/mol. The summed E-state index contributed by atoms with van der Waals surface area (Å²) in [5.74, 6) is 0.307. The molecule has 1 aliphatic rings. The monoisotopic (exact) mass is 352 g/mol. The first-order valence-corrected chi connectivity index (χ1v) is 8.79. The molecule has 5 nitrogen and oxygen atoms in total. The zero-order valence-electron chi connectivity index (χ0n) is 15.2. The SMILES string of the molecule is COc1ccccc1CNC(=O)C1(C(=O)NCc2ccc(C)cc2)CC1. The number of rotatable bonds is 7. The molecule has 2 amide bonds. The molecule has 2 aromatic carbocycles. The summed E-state index contributed by atoms with van der Waals surface area (Å²) in [6.45, 7) is 2.80. The Bertz CT molecular complexity index is 795. The van der Waals surface area contributed by atoms with Crippen molar-refractivity contribution in [1.82, 2.24) is 10.6 Å². The summed E-state index contributed by atoms with van der Waals surface area (Å²) < 4.78 is 5.29. The minimum atomic E-state index is -0.924. The van der Waals surface area contributed by atoms with E-state index in [1.165, 1.54) is 5.56 Å². The maximum Gasteiger partial charge on any atom is 0.235 e. The second-order valence-electron chi connectivity index (χ2n) is 6.74. The quantitative estimate of drug-likeness (QED) is 0.753. The van der Waals surface area contributed by atoms with Crippen LogP contribution in [0.3, 0.4) is 0 Å². The lowest BCUT2D eigenvalue weighted by atomic mass is 10.0. The van der Waals surface area contributed by atoms with Crippen molar-refractivity contribution in [3.8, 4) is 5.75 Å². The molecule has 26 heavy (non-hydrogen) atoms. The van der Waals surface area contributed by atoms with Crippen LogP contribution in [0.4, 0.5) is 0 Å². The number of aryl methyl sites for hydroxylation is 1. The Labute approximate surface area is 153 Å². The predicted octanol–water partition coefficient (Wildman–Crippen LogP) is 2.72. The van der Waals surface area contributed by atoms with Crippen molar-refractivity contribution in [2.75, 3.05) is 7.11 Å². The van der Waals surface area contributed by atoms with Crippen LogP contribution in [-0.4, -0.2) is 18.9 Å². The minimum absolute atomic E-state index is 0.199. The molecular formula is C21H24N2O3. The third kappa shape index (κ3) is 3.87. The summed E-state index contributed by atoms with van der Waals surface area (Å²) in [5, 5.41) is 5.78. The van der Waals surface area contributed by atoms with E-state index >= 15 is 0 Å². The summed E-state index contributed by atoms with van der Waals surface area (Å²) in [7, 11) is 1.60. The molecule has 1 fully saturated rings. The van der Waals surface area contributed by atoms with Crippen LogP contribution in [0.2, 0.25) is 0 Å². The van der Waals surface area contributed by atoms with Crippen LogP contribution < -0.4 is 15.4 Å². The fourth-order valence-corrected chi connectivity index (χ4v) is 2.93. The Hall–Kier alpha value is -2.82. The number of amides is 2. The lowest BCUT2D eigenvalue weighted by Crippen LogP contribution is -2.42. The van der Waals surface area contributed by atoms with Crippen molar-refractivity contribution in [3.05, 3.63) is 65.2 Å². The number of methoxy groups -OCH3 is 1. The first kappa shape index (κ1) is 18.0. The smallest absolute Gasteiger partial charge is 0.235 e. The zero-order chi connectivity index (χ0) is 18.6. The molecule has 0 radical (unpaired) electrons. The van der Waals surface area contributed by atoms with E-state index < -0.39 is 5.41 Å².